The minimum absolute atomic E-state index is 0.0748. The van der Waals surface area contributed by atoms with E-state index < -0.39 is 16.2 Å². The summed E-state index contributed by atoms with van der Waals surface area (Å²) in [5, 5.41) is 3.69. The number of nitrogens with zero attached hydrogens (tertiary/aromatic N) is 4. The van der Waals surface area contributed by atoms with Crippen LogP contribution in [0, 0.1) is 12.7 Å². The second kappa shape index (κ2) is 12.3. The van der Waals surface area contributed by atoms with Crippen LogP contribution in [-0.4, -0.2) is 74.9 Å². The predicted octanol–water partition coefficient (Wildman–Crippen LogP) is 7.13. The molecule has 3 aromatic heterocycles. The first kappa shape index (κ1) is 33.1. The maximum Gasteiger partial charge on any atom is 0.255 e. The number of furan rings is 1. The van der Waals surface area contributed by atoms with E-state index in [2.05, 4.69) is 14.8 Å². The maximum atomic E-state index is 15.3. The van der Waals surface area contributed by atoms with Gasteiger partial charge in [-0.15, -0.1) is 0 Å². The zero-order valence-corrected chi connectivity index (χ0v) is 29.5. The van der Waals surface area contributed by atoms with Gasteiger partial charge in [0.1, 0.15) is 23.3 Å². The molecule has 9 nitrogen and oxygen atoms in total. The van der Waals surface area contributed by atoms with Crippen molar-refractivity contribution in [1.29, 1.82) is 0 Å². The van der Waals surface area contributed by atoms with Crippen molar-refractivity contribution in [3.63, 3.8) is 0 Å². The van der Waals surface area contributed by atoms with Gasteiger partial charge in [-0.3, -0.25) is 14.0 Å². The first-order chi connectivity index (χ1) is 24.4. The number of nitrogens with one attached hydrogen (secondary N) is 1. The number of halogens is 2. The van der Waals surface area contributed by atoms with Crippen molar-refractivity contribution in [3.8, 4) is 34.0 Å². The molecule has 2 aliphatic heterocycles. The normalized spacial score (nSPS) is 17.5. The van der Waals surface area contributed by atoms with E-state index in [9.17, 15) is 17.6 Å². The van der Waals surface area contributed by atoms with Crippen molar-refractivity contribution < 1.29 is 26.4 Å². The Morgan fingerprint density at radius 2 is 1.86 bits per heavy atom. The summed E-state index contributed by atoms with van der Waals surface area (Å²) in [6, 6.07) is 21.6. The highest BCUT2D eigenvalue weighted by atomic mass is 32.2. The first-order valence-electron chi connectivity index (χ1n) is 16.9. The molecule has 3 aromatic carbocycles. The third-order valence-corrected chi connectivity index (χ3v) is 11.4. The number of anilines is 1. The molecule has 1 N–H and O–H groups in total. The van der Waals surface area contributed by atoms with Crippen LogP contribution in [0.25, 0.3) is 55.8 Å². The average molecular weight is 710 g/mol. The number of rotatable bonds is 7. The second-order valence-electron chi connectivity index (χ2n) is 13.6. The lowest BCUT2D eigenvalue weighted by atomic mass is 9.95. The number of amides is 1. The number of aromatic nitrogens is 2. The van der Waals surface area contributed by atoms with Gasteiger partial charge in [0.2, 0.25) is 10.0 Å². The second-order valence-corrected chi connectivity index (χ2v) is 15.6. The first-order valence-corrected chi connectivity index (χ1v) is 18.8. The molecule has 0 radical (unpaired) electrons. The van der Waals surface area contributed by atoms with E-state index >= 15 is 4.39 Å². The monoisotopic (exact) mass is 709 g/mol. The molecule has 8 rings (SSSR count). The highest BCUT2D eigenvalue weighted by Gasteiger charge is 2.33. The standard InChI is InChI=1S/C39H37F2N5O4S/c1-22-8-10-23(11-9-22)38-36(39(47)42-2)29-17-28(33(19-35(29)50-38)44(3)51(4,48)49)31-13-12-24-16-26(21-45-15-14-25(40)20-45)46-32-7-5-6-30(41)27(32)18-34(46)37(24)43-31/h5-13,17-19,25-26H,14-16,20-21H2,1-4H3,(H,42,47)/t25-,26?/m0/s1. The zero-order chi connectivity index (χ0) is 35.8. The van der Waals surface area contributed by atoms with Crippen molar-refractivity contribution >= 4 is 43.5 Å². The van der Waals surface area contributed by atoms with Gasteiger partial charge in [0, 0.05) is 61.7 Å². The minimum atomic E-state index is -3.74. The summed E-state index contributed by atoms with van der Waals surface area (Å²) in [5.74, 6) is -0.334. The summed E-state index contributed by atoms with van der Waals surface area (Å²) in [6.07, 6.45) is 1.37. The van der Waals surface area contributed by atoms with E-state index in [0.717, 1.165) is 28.6 Å². The van der Waals surface area contributed by atoms with Gasteiger partial charge in [0.25, 0.3) is 5.91 Å². The largest absolute Gasteiger partial charge is 0.455 e. The average Bonchev–Trinajstić information content (AvgIpc) is 3.82. The summed E-state index contributed by atoms with van der Waals surface area (Å²) in [5.41, 5.74) is 6.74. The van der Waals surface area contributed by atoms with Gasteiger partial charge in [0.05, 0.1) is 46.1 Å². The summed E-state index contributed by atoms with van der Waals surface area (Å²) in [6.45, 7) is 3.63. The molecule has 1 unspecified atom stereocenters. The summed E-state index contributed by atoms with van der Waals surface area (Å²) in [7, 11) is -0.726. The van der Waals surface area contributed by atoms with Crippen molar-refractivity contribution in [2.45, 2.75) is 32.0 Å². The Morgan fingerprint density at radius 1 is 1.08 bits per heavy atom. The van der Waals surface area contributed by atoms with Gasteiger partial charge in [-0.1, -0.05) is 42.0 Å². The lowest BCUT2D eigenvalue weighted by Crippen LogP contribution is -2.32. The predicted molar refractivity (Wildman–Crippen MR) is 196 cm³/mol. The molecule has 1 saturated heterocycles. The number of aryl methyl sites for hydroxylation is 1. The Labute approximate surface area is 294 Å². The van der Waals surface area contributed by atoms with Crippen LogP contribution in [0.4, 0.5) is 14.5 Å². The molecule has 0 spiro atoms. The van der Waals surface area contributed by atoms with Gasteiger partial charge < -0.3 is 14.3 Å². The number of alkyl halides is 1. The minimum Gasteiger partial charge on any atom is -0.455 e. The van der Waals surface area contributed by atoms with Crippen molar-refractivity contribution in [1.82, 2.24) is 19.8 Å². The molecule has 6 aromatic rings. The number of hydrogen-bond acceptors (Lipinski definition) is 6. The fraction of sp³-hybridized carbons (Fsp3) is 0.282. The van der Waals surface area contributed by atoms with E-state index in [4.69, 9.17) is 9.40 Å². The van der Waals surface area contributed by atoms with Crippen LogP contribution in [0.1, 0.15) is 33.9 Å². The molecule has 51 heavy (non-hydrogen) atoms. The number of benzene rings is 3. The molecule has 2 atom stereocenters. The number of carbonyl (C=O) groups excluding carboxylic acids is 1. The summed E-state index contributed by atoms with van der Waals surface area (Å²) in [4.78, 5) is 20.7. The molecule has 0 bridgehead atoms. The Bertz CT molecular complexity index is 2470. The topological polar surface area (TPSA) is 101 Å². The molecule has 1 amide bonds. The fourth-order valence-corrected chi connectivity index (χ4v) is 8.10. The number of pyridine rings is 1. The van der Waals surface area contributed by atoms with Crippen LogP contribution in [0.2, 0.25) is 0 Å². The lowest BCUT2D eigenvalue weighted by Gasteiger charge is -2.32. The quantitative estimate of drug-likeness (QED) is 0.190. The van der Waals surface area contributed by atoms with Gasteiger partial charge in [-0.25, -0.2) is 22.2 Å². The van der Waals surface area contributed by atoms with E-state index in [1.807, 2.05) is 55.5 Å². The lowest BCUT2D eigenvalue weighted by molar-refractivity contribution is 0.0964. The third kappa shape index (κ3) is 5.66. The molecular formula is C39H37F2N5O4S. The number of fused-ring (bicyclic) bond motifs is 6. The van der Waals surface area contributed by atoms with E-state index in [0.29, 0.717) is 88.4 Å². The summed E-state index contributed by atoms with van der Waals surface area (Å²) >= 11 is 0. The van der Waals surface area contributed by atoms with E-state index in [-0.39, 0.29) is 17.8 Å². The third-order valence-electron chi connectivity index (χ3n) is 10.2. The smallest absolute Gasteiger partial charge is 0.255 e. The van der Waals surface area contributed by atoms with Crippen LogP contribution in [-0.2, 0) is 16.4 Å². The van der Waals surface area contributed by atoms with Crippen LogP contribution < -0.4 is 9.62 Å². The fourth-order valence-electron chi connectivity index (χ4n) is 7.59. The summed E-state index contributed by atoms with van der Waals surface area (Å²) < 4.78 is 65.1. The highest BCUT2D eigenvalue weighted by molar-refractivity contribution is 7.92. The molecule has 1 fully saturated rings. The van der Waals surface area contributed by atoms with Gasteiger partial charge in [0.15, 0.2) is 0 Å². The number of sulfonamides is 1. The molecule has 2 aliphatic rings. The molecule has 12 heteroatoms. The van der Waals surface area contributed by atoms with Gasteiger partial charge in [-0.2, -0.15) is 0 Å². The van der Waals surface area contributed by atoms with Crippen molar-refractivity contribution in [2.75, 3.05) is 44.3 Å². The van der Waals surface area contributed by atoms with Crippen molar-refractivity contribution in [3.05, 3.63) is 95.3 Å². The highest BCUT2D eigenvalue weighted by Crippen LogP contribution is 2.44. The number of carbonyl (C=O) groups is 1. The van der Waals surface area contributed by atoms with Crippen molar-refractivity contribution in [2.24, 2.45) is 0 Å². The SMILES string of the molecule is CNC(=O)c1c(-c2ccc(C)cc2)oc2cc(N(C)S(C)(=O)=O)c(-c3ccc4c(n3)-c3cc5c(F)cccc5n3C(CN3CC[C@H](F)C3)C4)cc12. The Hall–Kier alpha value is -5.07. The number of likely N-dealkylation sites (tertiary alicyclic amines) is 1. The maximum absolute atomic E-state index is 15.3. The van der Waals surface area contributed by atoms with Crippen LogP contribution in [0.15, 0.2) is 77.2 Å². The number of hydrogen-bond donors (Lipinski definition) is 1. The Kier molecular flexibility index (Phi) is 7.99. The van der Waals surface area contributed by atoms with Crippen LogP contribution >= 0.6 is 0 Å². The zero-order valence-electron chi connectivity index (χ0n) is 28.7. The Morgan fingerprint density at radius 3 is 2.57 bits per heavy atom. The van der Waals surface area contributed by atoms with Gasteiger partial charge in [-0.05, 0) is 55.7 Å². The molecular weight excluding hydrogens is 673 g/mol. The van der Waals surface area contributed by atoms with Crippen LogP contribution in [0.5, 0.6) is 0 Å². The van der Waals surface area contributed by atoms with E-state index in [1.54, 1.807) is 25.2 Å². The van der Waals surface area contributed by atoms with Gasteiger partial charge >= 0.3 is 0 Å². The van der Waals surface area contributed by atoms with Crippen LogP contribution in [0.3, 0.4) is 0 Å². The Balaban J connectivity index is 1.33. The molecule has 5 heterocycles. The molecule has 0 aliphatic carbocycles. The van der Waals surface area contributed by atoms with E-state index in [1.165, 1.54) is 17.4 Å². The molecule has 262 valence electrons. The molecule has 0 saturated carbocycles.